The summed E-state index contributed by atoms with van der Waals surface area (Å²) in [5, 5.41) is 39.1. The van der Waals surface area contributed by atoms with Crippen LogP contribution in [0.1, 0.15) is 96.2 Å². The van der Waals surface area contributed by atoms with Gasteiger partial charge < -0.3 is 34.6 Å². The molecular weight excluding hydrogens is 600 g/mol. The maximum absolute atomic E-state index is 13.0. The molecule has 1 atom stereocenters. The molecule has 0 aliphatic heterocycles. The first-order valence-electron chi connectivity index (χ1n) is 16.0. The van der Waals surface area contributed by atoms with Crippen molar-refractivity contribution < 1.29 is 44.2 Å². The fourth-order valence-corrected chi connectivity index (χ4v) is 5.36. The third-order valence-electron chi connectivity index (χ3n) is 8.17. The summed E-state index contributed by atoms with van der Waals surface area (Å²) in [5.74, 6) is -0.356. The van der Waals surface area contributed by atoms with Gasteiger partial charge in [0.25, 0.3) is 0 Å². The summed E-state index contributed by atoms with van der Waals surface area (Å²) in [5.41, 5.74) is 2.35. The fraction of sp³-hybridized carbons (Fsp3) is 0.474. The molecule has 0 aliphatic rings. The van der Waals surface area contributed by atoms with Crippen molar-refractivity contribution in [3.8, 4) is 0 Å². The van der Waals surface area contributed by atoms with Crippen LogP contribution in [0.5, 0.6) is 0 Å². The average Bonchev–Trinajstić information content (AvgIpc) is 3.05. The molecule has 0 saturated carbocycles. The molecule has 0 aliphatic carbocycles. The fourth-order valence-electron chi connectivity index (χ4n) is 5.36. The molecule has 47 heavy (non-hydrogen) atoms. The lowest BCUT2D eigenvalue weighted by Crippen LogP contribution is -2.36. The minimum atomic E-state index is -1.07. The van der Waals surface area contributed by atoms with Gasteiger partial charge in [-0.15, -0.1) is 0 Å². The van der Waals surface area contributed by atoms with Gasteiger partial charge >= 0.3 is 0 Å². The van der Waals surface area contributed by atoms with Crippen molar-refractivity contribution in [3.63, 3.8) is 0 Å². The topological polar surface area (TPSA) is 143 Å². The van der Waals surface area contributed by atoms with Crippen LogP contribution < -0.4 is 0 Å². The number of hydrogen-bond acceptors (Lipinski definition) is 9. The van der Waals surface area contributed by atoms with E-state index in [9.17, 15) is 19.8 Å². The third kappa shape index (κ3) is 10.4. The number of benzene rings is 3. The maximum Gasteiger partial charge on any atom is 0.194 e. The Labute approximate surface area is 278 Å². The number of aliphatic hydroxyl groups excluding tert-OH is 4. The SMILES string of the molecule is CC(C)(OCCO)C(=O)c1ccc(Cc2ccc(Cc3ccc(C(=O)C(C)(C)OCCO)cc3)c(C(O)C(C)(C)OCCO)c2)cc1. The van der Waals surface area contributed by atoms with Crippen molar-refractivity contribution in [3.05, 3.63) is 106 Å². The van der Waals surface area contributed by atoms with E-state index in [0.717, 1.165) is 22.3 Å². The highest BCUT2D eigenvalue weighted by molar-refractivity contribution is 6.02. The lowest BCUT2D eigenvalue weighted by Gasteiger charge is -2.32. The number of ether oxygens (including phenoxy) is 3. The highest BCUT2D eigenvalue weighted by atomic mass is 16.5. The van der Waals surface area contributed by atoms with Crippen LogP contribution in [-0.4, -0.2) is 88.4 Å². The number of aliphatic hydroxyl groups is 4. The molecule has 0 amide bonds. The monoisotopic (exact) mass is 650 g/mol. The Morgan fingerprint density at radius 1 is 0.596 bits per heavy atom. The molecule has 0 radical (unpaired) electrons. The molecule has 9 nitrogen and oxygen atoms in total. The zero-order chi connectivity index (χ0) is 34.8. The van der Waals surface area contributed by atoms with Gasteiger partial charge in [-0.1, -0.05) is 66.7 Å². The zero-order valence-corrected chi connectivity index (χ0v) is 28.4. The Morgan fingerprint density at radius 3 is 1.45 bits per heavy atom. The second-order valence-corrected chi connectivity index (χ2v) is 13.2. The maximum atomic E-state index is 13.0. The molecule has 3 aromatic carbocycles. The number of carbonyl (C=O) groups excluding carboxylic acids is 2. The van der Waals surface area contributed by atoms with E-state index in [0.29, 0.717) is 29.5 Å². The summed E-state index contributed by atoms with van der Waals surface area (Å²) < 4.78 is 16.9. The zero-order valence-electron chi connectivity index (χ0n) is 28.4. The summed E-state index contributed by atoms with van der Waals surface area (Å²) >= 11 is 0. The molecule has 256 valence electrons. The normalized spacial score (nSPS) is 13.1. The molecule has 3 aromatic rings. The summed E-state index contributed by atoms with van der Waals surface area (Å²) in [7, 11) is 0. The third-order valence-corrected chi connectivity index (χ3v) is 8.17. The van der Waals surface area contributed by atoms with Crippen LogP contribution in [0.25, 0.3) is 0 Å². The summed E-state index contributed by atoms with van der Waals surface area (Å²) in [4.78, 5) is 26.0. The van der Waals surface area contributed by atoms with Crippen LogP contribution in [0.15, 0.2) is 66.7 Å². The predicted octanol–water partition coefficient (Wildman–Crippen LogP) is 4.63. The first-order valence-corrected chi connectivity index (χ1v) is 16.0. The standard InChI is InChI=1S/C38H50O9/c1-36(2,45-20-17-39)33(42)29-12-7-26(8-13-29)23-28-11-16-31(32(25-28)35(44)38(5,6)47-22-19-41)24-27-9-14-30(15-10-27)34(43)37(3,4)46-21-18-40/h7-16,25,35,39-41,44H,17-24H2,1-6H3. The van der Waals surface area contributed by atoms with Crippen LogP contribution in [0.2, 0.25) is 0 Å². The van der Waals surface area contributed by atoms with Crippen LogP contribution in [-0.2, 0) is 27.1 Å². The Kier molecular flexibility index (Phi) is 13.6. The van der Waals surface area contributed by atoms with Gasteiger partial charge in [0.2, 0.25) is 0 Å². The van der Waals surface area contributed by atoms with Crippen molar-refractivity contribution in [2.24, 2.45) is 0 Å². The van der Waals surface area contributed by atoms with E-state index in [2.05, 4.69) is 0 Å². The van der Waals surface area contributed by atoms with Crippen molar-refractivity contribution in [2.45, 2.75) is 77.3 Å². The Balaban J connectivity index is 1.87. The Morgan fingerprint density at radius 2 is 1.00 bits per heavy atom. The molecule has 0 aromatic heterocycles. The van der Waals surface area contributed by atoms with Crippen LogP contribution in [0.3, 0.4) is 0 Å². The van der Waals surface area contributed by atoms with E-state index in [1.54, 1.807) is 65.8 Å². The molecule has 0 heterocycles. The number of ketones is 2. The lowest BCUT2D eigenvalue weighted by atomic mass is 9.86. The number of hydrogen-bond donors (Lipinski definition) is 4. The summed E-state index contributed by atoms with van der Waals surface area (Å²) in [6.45, 7) is 10.0. The van der Waals surface area contributed by atoms with Crippen molar-refractivity contribution in [1.82, 2.24) is 0 Å². The van der Waals surface area contributed by atoms with Gasteiger partial charge in [-0.05, 0) is 82.2 Å². The molecule has 0 saturated heterocycles. The van der Waals surface area contributed by atoms with Gasteiger partial charge in [-0.25, -0.2) is 0 Å². The van der Waals surface area contributed by atoms with Gasteiger partial charge in [-0.3, -0.25) is 9.59 Å². The number of rotatable bonds is 19. The van der Waals surface area contributed by atoms with Crippen LogP contribution >= 0.6 is 0 Å². The minimum Gasteiger partial charge on any atom is -0.394 e. The number of carbonyl (C=O) groups is 2. The molecule has 3 rings (SSSR count). The van der Waals surface area contributed by atoms with Gasteiger partial charge in [0.05, 0.1) is 45.2 Å². The summed E-state index contributed by atoms with van der Waals surface area (Å²) in [6.07, 6.45) is 0.0457. The van der Waals surface area contributed by atoms with E-state index in [4.69, 9.17) is 24.4 Å². The van der Waals surface area contributed by atoms with Crippen molar-refractivity contribution in [1.29, 1.82) is 0 Å². The van der Waals surface area contributed by atoms with Crippen molar-refractivity contribution in [2.75, 3.05) is 39.6 Å². The molecular formula is C38H50O9. The quantitative estimate of drug-likeness (QED) is 0.137. The smallest absolute Gasteiger partial charge is 0.194 e. The van der Waals surface area contributed by atoms with E-state index in [1.165, 1.54) is 0 Å². The first-order chi connectivity index (χ1) is 22.1. The summed E-state index contributed by atoms with van der Waals surface area (Å²) in [6, 6.07) is 20.6. The highest BCUT2D eigenvalue weighted by Crippen LogP contribution is 2.33. The molecule has 0 spiro atoms. The molecule has 1 unspecified atom stereocenters. The lowest BCUT2D eigenvalue weighted by molar-refractivity contribution is -0.110. The molecule has 0 bridgehead atoms. The van der Waals surface area contributed by atoms with Crippen molar-refractivity contribution >= 4 is 11.6 Å². The van der Waals surface area contributed by atoms with Crippen LogP contribution in [0, 0.1) is 0 Å². The minimum absolute atomic E-state index is 0.0706. The Bertz CT molecular complexity index is 1460. The van der Waals surface area contributed by atoms with Crippen LogP contribution in [0.4, 0.5) is 0 Å². The van der Waals surface area contributed by atoms with E-state index < -0.39 is 22.9 Å². The predicted molar refractivity (Wildman–Crippen MR) is 180 cm³/mol. The Hall–Kier alpha value is -3.28. The first kappa shape index (κ1) is 38.2. The van der Waals surface area contributed by atoms with Gasteiger partial charge in [0, 0.05) is 11.1 Å². The van der Waals surface area contributed by atoms with E-state index in [-0.39, 0.29) is 51.2 Å². The molecule has 9 heteroatoms. The van der Waals surface area contributed by atoms with Gasteiger partial charge in [0.1, 0.15) is 17.3 Å². The largest absolute Gasteiger partial charge is 0.394 e. The van der Waals surface area contributed by atoms with Gasteiger partial charge in [-0.2, -0.15) is 0 Å². The second-order valence-electron chi connectivity index (χ2n) is 13.2. The average molecular weight is 651 g/mol. The molecule has 4 N–H and O–H groups in total. The molecule has 0 fully saturated rings. The van der Waals surface area contributed by atoms with E-state index >= 15 is 0 Å². The number of Topliss-reactive ketones (excluding diaryl/α,β-unsaturated/α-hetero) is 2. The second kappa shape index (κ2) is 16.7. The van der Waals surface area contributed by atoms with Gasteiger partial charge in [0.15, 0.2) is 11.6 Å². The van der Waals surface area contributed by atoms with E-state index in [1.807, 2.05) is 42.5 Å². The highest BCUT2D eigenvalue weighted by Gasteiger charge is 2.33.